The Morgan fingerprint density at radius 1 is 1.12 bits per heavy atom. The molecule has 4 heteroatoms. The second-order valence-corrected chi connectivity index (χ2v) is 6.42. The lowest BCUT2D eigenvalue weighted by Crippen LogP contribution is -2.07. The van der Waals surface area contributed by atoms with Crippen LogP contribution in [-0.4, -0.2) is 16.5 Å². The molecule has 1 aliphatic rings. The summed E-state index contributed by atoms with van der Waals surface area (Å²) >= 11 is 0. The van der Waals surface area contributed by atoms with Crippen molar-refractivity contribution >= 4 is 17.5 Å². The summed E-state index contributed by atoms with van der Waals surface area (Å²) in [5.41, 5.74) is 5.12. The van der Waals surface area contributed by atoms with Gasteiger partial charge in [0.1, 0.15) is 5.82 Å². The molecule has 1 aromatic carbocycles. The summed E-state index contributed by atoms with van der Waals surface area (Å²) in [4.78, 5) is 8.90. The van der Waals surface area contributed by atoms with E-state index in [1.807, 2.05) is 12.1 Å². The smallest absolute Gasteiger partial charge is 0.229 e. The third kappa shape index (κ3) is 4.34. The fourth-order valence-electron chi connectivity index (χ4n) is 3.01. The van der Waals surface area contributed by atoms with Crippen molar-refractivity contribution in [2.45, 2.75) is 46.0 Å². The van der Waals surface area contributed by atoms with Crippen molar-refractivity contribution in [2.24, 2.45) is 0 Å². The molecule has 1 aliphatic carbocycles. The normalized spacial score (nSPS) is 14.2. The number of nitrogens with zero attached hydrogens (tertiary/aromatic N) is 2. The highest BCUT2D eigenvalue weighted by Gasteiger charge is 2.05. The van der Waals surface area contributed by atoms with Crippen LogP contribution in [-0.2, 0) is 0 Å². The molecule has 0 aliphatic heterocycles. The molecule has 2 N–H and O–H groups in total. The van der Waals surface area contributed by atoms with Crippen molar-refractivity contribution < 1.29 is 0 Å². The molecule has 3 rings (SSSR count). The van der Waals surface area contributed by atoms with E-state index in [9.17, 15) is 0 Å². The van der Waals surface area contributed by atoms with Gasteiger partial charge in [-0.2, -0.15) is 4.98 Å². The maximum Gasteiger partial charge on any atom is 0.229 e. The first-order valence-electron chi connectivity index (χ1n) is 8.80. The van der Waals surface area contributed by atoms with Gasteiger partial charge in [-0.05, 0) is 69.2 Å². The summed E-state index contributed by atoms with van der Waals surface area (Å²) in [5, 5.41) is 6.73. The van der Waals surface area contributed by atoms with Gasteiger partial charge in [-0.3, -0.25) is 0 Å². The maximum atomic E-state index is 4.57. The van der Waals surface area contributed by atoms with Crippen LogP contribution in [0.4, 0.5) is 17.5 Å². The molecule has 0 fully saturated rings. The minimum Gasteiger partial charge on any atom is -0.370 e. The lowest BCUT2D eigenvalue weighted by molar-refractivity contribution is 0.679. The molecule has 1 heterocycles. The molecule has 24 heavy (non-hydrogen) atoms. The zero-order chi connectivity index (χ0) is 16.8. The van der Waals surface area contributed by atoms with Crippen molar-refractivity contribution in [2.75, 3.05) is 17.2 Å². The van der Waals surface area contributed by atoms with E-state index in [4.69, 9.17) is 0 Å². The van der Waals surface area contributed by atoms with Crippen LogP contribution in [0.3, 0.4) is 0 Å². The van der Waals surface area contributed by atoms with Crippen LogP contribution in [0.5, 0.6) is 0 Å². The molecular weight excluding hydrogens is 296 g/mol. The van der Waals surface area contributed by atoms with E-state index in [1.165, 1.54) is 36.8 Å². The third-order valence-corrected chi connectivity index (χ3v) is 4.64. The summed E-state index contributed by atoms with van der Waals surface area (Å²) < 4.78 is 0. The molecule has 126 valence electrons. The summed E-state index contributed by atoms with van der Waals surface area (Å²) in [7, 11) is 0. The Hall–Kier alpha value is -2.36. The highest BCUT2D eigenvalue weighted by Crippen LogP contribution is 2.22. The molecule has 1 aromatic heterocycles. The van der Waals surface area contributed by atoms with Crippen LogP contribution in [0.2, 0.25) is 0 Å². The highest BCUT2D eigenvalue weighted by atomic mass is 15.1. The van der Waals surface area contributed by atoms with Crippen LogP contribution in [0.1, 0.15) is 43.2 Å². The van der Waals surface area contributed by atoms with Crippen molar-refractivity contribution in [3.05, 3.63) is 53.2 Å². The Bertz CT molecular complexity index is 721. The SMILES string of the molecule is Cc1cccc(Nc2nccc(NCCC3=CCCCC3)n2)c1C. The number of allylic oxidation sites excluding steroid dienone is 1. The average molecular weight is 322 g/mol. The number of hydrogen-bond acceptors (Lipinski definition) is 4. The number of anilines is 3. The van der Waals surface area contributed by atoms with Crippen LogP contribution >= 0.6 is 0 Å². The monoisotopic (exact) mass is 322 g/mol. The fourth-order valence-corrected chi connectivity index (χ4v) is 3.01. The Morgan fingerprint density at radius 3 is 2.88 bits per heavy atom. The molecule has 0 atom stereocenters. The minimum atomic E-state index is 0.630. The van der Waals surface area contributed by atoms with E-state index in [0.29, 0.717) is 5.95 Å². The van der Waals surface area contributed by atoms with E-state index < -0.39 is 0 Å². The minimum absolute atomic E-state index is 0.630. The standard InChI is InChI=1S/C20H26N4/c1-15-7-6-10-18(16(15)2)23-20-22-14-12-19(24-20)21-13-11-17-8-4-3-5-9-17/h6-8,10,12,14H,3-5,9,11,13H2,1-2H3,(H2,21,22,23,24). The van der Waals surface area contributed by atoms with Crippen LogP contribution < -0.4 is 10.6 Å². The number of hydrogen-bond donors (Lipinski definition) is 2. The van der Waals surface area contributed by atoms with Crippen molar-refractivity contribution in [3.8, 4) is 0 Å². The predicted molar refractivity (Wildman–Crippen MR) is 101 cm³/mol. The first-order valence-corrected chi connectivity index (χ1v) is 8.80. The molecule has 0 saturated heterocycles. The second-order valence-electron chi connectivity index (χ2n) is 6.42. The molecule has 0 bridgehead atoms. The molecule has 0 spiro atoms. The lowest BCUT2D eigenvalue weighted by Gasteiger charge is -2.14. The third-order valence-electron chi connectivity index (χ3n) is 4.64. The van der Waals surface area contributed by atoms with Gasteiger partial charge < -0.3 is 10.6 Å². The predicted octanol–water partition coefficient (Wildman–Crippen LogP) is 5.14. The highest BCUT2D eigenvalue weighted by molar-refractivity contribution is 5.60. The number of aryl methyl sites for hydroxylation is 1. The maximum absolute atomic E-state index is 4.57. The number of aromatic nitrogens is 2. The van der Waals surface area contributed by atoms with Crippen molar-refractivity contribution in [1.82, 2.24) is 9.97 Å². The van der Waals surface area contributed by atoms with E-state index in [-0.39, 0.29) is 0 Å². The van der Waals surface area contributed by atoms with Gasteiger partial charge in [0, 0.05) is 18.4 Å². The molecule has 4 nitrogen and oxygen atoms in total. The Morgan fingerprint density at radius 2 is 2.04 bits per heavy atom. The summed E-state index contributed by atoms with van der Waals surface area (Å²) in [6.07, 6.45) is 10.5. The van der Waals surface area contributed by atoms with Gasteiger partial charge >= 0.3 is 0 Å². The molecule has 0 unspecified atom stereocenters. The Kier molecular flexibility index (Phi) is 5.47. The summed E-state index contributed by atoms with van der Waals surface area (Å²) in [5.74, 6) is 1.50. The molecular formula is C20H26N4. The van der Waals surface area contributed by atoms with E-state index in [0.717, 1.165) is 24.5 Å². The van der Waals surface area contributed by atoms with Gasteiger partial charge in [-0.1, -0.05) is 23.8 Å². The fraction of sp³-hybridized carbons (Fsp3) is 0.400. The van der Waals surface area contributed by atoms with Gasteiger partial charge in [0.2, 0.25) is 5.95 Å². The number of rotatable bonds is 6. The molecule has 0 radical (unpaired) electrons. The molecule has 2 aromatic rings. The molecule has 0 amide bonds. The quantitative estimate of drug-likeness (QED) is 0.723. The first-order chi connectivity index (χ1) is 11.7. The lowest BCUT2D eigenvalue weighted by atomic mass is 9.97. The Balaban J connectivity index is 1.59. The summed E-state index contributed by atoms with van der Waals surface area (Å²) in [6, 6.07) is 8.13. The van der Waals surface area contributed by atoms with Gasteiger partial charge in [0.15, 0.2) is 0 Å². The van der Waals surface area contributed by atoms with Gasteiger partial charge in [-0.25, -0.2) is 4.98 Å². The largest absolute Gasteiger partial charge is 0.370 e. The van der Waals surface area contributed by atoms with E-state index >= 15 is 0 Å². The zero-order valence-electron chi connectivity index (χ0n) is 14.6. The van der Waals surface area contributed by atoms with Gasteiger partial charge in [0.25, 0.3) is 0 Å². The first kappa shape index (κ1) is 16.5. The van der Waals surface area contributed by atoms with E-state index in [2.05, 4.69) is 52.7 Å². The number of benzene rings is 1. The number of nitrogens with one attached hydrogen (secondary N) is 2. The average Bonchev–Trinajstić information content (AvgIpc) is 2.60. The van der Waals surface area contributed by atoms with E-state index in [1.54, 1.807) is 11.8 Å². The zero-order valence-corrected chi connectivity index (χ0v) is 14.6. The van der Waals surface area contributed by atoms with Crippen LogP contribution in [0.15, 0.2) is 42.1 Å². The van der Waals surface area contributed by atoms with Gasteiger partial charge in [0.05, 0.1) is 0 Å². The van der Waals surface area contributed by atoms with Crippen LogP contribution in [0.25, 0.3) is 0 Å². The Labute approximate surface area is 144 Å². The van der Waals surface area contributed by atoms with Crippen LogP contribution in [0, 0.1) is 13.8 Å². The van der Waals surface area contributed by atoms with Crippen molar-refractivity contribution in [1.29, 1.82) is 0 Å². The van der Waals surface area contributed by atoms with Crippen molar-refractivity contribution in [3.63, 3.8) is 0 Å². The summed E-state index contributed by atoms with van der Waals surface area (Å²) in [6.45, 7) is 5.14. The second kappa shape index (κ2) is 7.95. The topological polar surface area (TPSA) is 49.8 Å². The molecule has 0 saturated carbocycles. The van der Waals surface area contributed by atoms with Gasteiger partial charge in [-0.15, -0.1) is 0 Å².